The SMILES string of the molecule is CCNc1ccc(C(=O)NCCc2ncc[nH]2)cc1. The molecule has 0 bridgehead atoms. The first-order valence-corrected chi connectivity index (χ1v) is 6.40. The first kappa shape index (κ1) is 13.1. The van der Waals surface area contributed by atoms with E-state index < -0.39 is 0 Å². The Balaban J connectivity index is 1.82. The lowest BCUT2D eigenvalue weighted by Crippen LogP contribution is -2.25. The number of H-pyrrole nitrogens is 1. The summed E-state index contributed by atoms with van der Waals surface area (Å²) in [5.74, 6) is 0.817. The van der Waals surface area contributed by atoms with Gasteiger partial charge in [0.15, 0.2) is 0 Å². The number of hydrogen-bond acceptors (Lipinski definition) is 3. The number of benzene rings is 1. The lowest BCUT2D eigenvalue weighted by Gasteiger charge is -2.06. The van der Waals surface area contributed by atoms with Crippen molar-refractivity contribution in [2.24, 2.45) is 0 Å². The first-order chi connectivity index (χ1) is 9.29. The monoisotopic (exact) mass is 258 g/mol. The molecule has 3 N–H and O–H groups in total. The van der Waals surface area contributed by atoms with Crippen molar-refractivity contribution in [3.63, 3.8) is 0 Å². The van der Waals surface area contributed by atoms with Crippen molar-refractivity contribution in [3.8, 4) is 0 Å². The van der Waals surface area contributed by atoms with Gasteiger partial charge in [-0.2, -0.15) is 0 Å². The Kier molecular flexibility index (Phi) is 4.55. The van der Waals surface area contributed by atoms with Crippen LogP contribution in [-0.4, -0.2) is 29.0 Å². The molecule has 0 unspecified atom stereocenters. The second-order valence-electron chi connectivity index (χ2n) is 4.15. The van der Waals surface area contributed by atoms with Gasteiger partial charge in [0, 0.05) is 43.2 Å². The molecule has 5 nitrogen and oxygen atoms in total. The molecule has 1 aromatic carbocycles. The van der Waals surface area contributed by atoms with E-state index >= 15 is 0 Å². The molecule has 0 aliphatic carbocycles. The van der Waals surface area contributed by atoms with Crippen molar-refractivity contribution in [1.82, 2.24) is 15.3 Å². The molecular formula is C14H18N4O. The third-order valence-corrected chi connectivity index (χ3v) is 2.73. The number of nitrogens with one attached hydrogen (secondary N) is 3. The molecule has 0 saturated heterocycles. The topological polar surface area (TPSA) is 69.8 Å². The molecule has 2 rings (SSSR count). The predicted molar refractivity (Wildman–Crippen MR) is 75.2 cm³/mol. The third-order valence-electron chi connectivity index (χ3n) is 2.73. The molecule has 5 heteroatoms. The van der Waals surface area contributed by atoms with Gasteiger partial charge < -0.3 is 15.6 Å². The van der Waals surface area contributed by atoms with E-state index in [4.69, 9.17) is 0 Å². The van der Waals surface area contributed by atoms with Crippen molar-refractivity contribution >= 4 is 11.6 Å². The maximum Gasteiger partial charge on any atom is 0.251 e. The number of aromatic amines is 1. The Morgan fingerprint density at radius 2 is 2.11 bits per heavy atom. The van der Waals surface area contributed by atoms with Crippen molar-refractivity contribution < 1.29 is 4.79 Å². The number of amides is 1. The highest BCUT2D eigenvalue weighted by molar-refractivity contribution is 5.94. The fourth-order valence-electron chi connectivity index (χ4n) is 1.77. The van der Waals surface area contributed by atoms with Gasteiger partial charge >= 0.3 is 0 Å². The van der Waals surface area contributed by atoms with Crippen LogP contribution in [0.4, 0.5) is 5.69 Å². The van der Waals surface area contributed by atoms with Crippen LogP contribution >= 0.6 is 0 Å². The maximum atomic E-state index is 11.9. The normalized spacial score (nSPS) is 10.2. The van der Waals surface area contributed by atoms with Crippen LogP contribution in [0.5, 0.6) is 0 Å². The van der Waals surface area contributed by atoms with Gasteiger partial charge in [0.1, 0.15) is 5.82 Å². The number of carbonyl (C=O) groups is 1. The lowest BCUT2D eigenvalue weighted by atomic mass is 10.2. The summed E-state index contributed by atoms with van der Waals surface area (Å²) in [5, 5.41) is 6.06. The Morgan fingerprint density at radius 1 is 1.32 bits per heavy atom. The fourth-order valence-corrected chi connectivity index (χ4v) is 1.77. The van der Waals surface area contributed by atoms with Crippen LogP contribution in [0.25, 0.3) is 0 Å². The number of carbonyl (C=O) groups excluding carboxylic acids is 1. The van der Waals surface area contributed by atoms with Gasteiger partial charge in [-0.15, -0.1) is 0 Å². The van der Waals surface area contributed by atoms with Gasteiger partial charge in [0.05, 0.1) is 0 Å². The van der Waals surface area contributed by atoms with Gasteiger partial charge in [-0.1, -0.05) is 0 Å². The van der Waals surface area contributed by atoms with Gasteiger partial charge in [0.25, 0.3) is 5.91 Å². The second kappa shape index (κ2) is 6.58. The Morgan fingerprint density at radius 3 is 2.74 bits per heavy atom. The summed E-state index contributed by atoms with van der Waals surface area (Å²) in [7, 11) is 0. The number of nitrogens with zero attached hydrogens (tertiary/aromatic N) is 1. The molecular weight excluding hydrogens is 240 g/mol. The van der Waals surface area contributed by atoms with Crippen LogP contribution < -0.4 is 10.6 Å². The van der Waals surface area contributed by atoms with E-state index in [0.717, 1.165) is 18.1 Å². The molecule has 1 amide bonds. The summed E-state index contributed by atoms with van der Waals surface area (Å²) in [6, 6.07) is 7.45. The minimum atomic E-state index is -0.0606. The van der Waals surface area contributed by atoms with E-state index in [1.807, 2.05) is 31.2 Å². The van der Waals surface area contributed by atoms with Gasteiger partial charge in [-0.05, 0) is 31.2 Å². The average Bonchev–Trinajstić information content (AvgIpc) is 2.93. The van der Waals surface area contributed by atoms with Crippen LogP contribution in [0, 0.1) is 0 Å². The molecule has 0 aliphatic rings. The van der Waals surface area contributed by atoms with Gasteiger partial charge in [-0.25, -0.2) is 4.98 Å². The van der Waals surface area contributed by atoms with E-state index in [2.05, 4.69) is 20.6 Å². The molecule has 0 aliphatic heterocycles. The molecule has 1 aromatic heterocycles. The number of anilines is 1. The molecule has 1 heterocycles. The van der Waals surface area contributed by atoms with E-state index in [9.17, 15) is 4.79 Å². The fraction of sp³-hybridized carbons (Fsp3) is 0.286. The summed E-state index contributed by atoms with van der Waals surface area (Å²) in [6.07, 6.45) is 4.18. The smallest absolute Gasteiger partial charge is 0.251 e. The summed E-state index contributed by atoms with van der Waals surface area (Å²) in [5.41, 5.74) is 1.69. The van der Waals surface area contributed by atoms with Gasteiger partial charge in [-0.3, -0.25) is 4.79 Å². The third kappa shape index (κ3) is 3.84. The minimum Gasteiger partial charge on any atom is -0.385 e. The standard InChI is InChI=1S/C14H18N4O/c1-2-15-12-5-3-11(4-6-12)14(19)18-8-7-13-16-9-10-17-13/h3-6,9-10,15H,2,7-8H2,1H3,(H,16,17)(H,18,19). The van der Waals surface area contributed by atoms with E-state index in [0.29, 0.717) is 18.5 Å². The van der Waals surface area contributed by atoms with E-state index in [1.54, 1.807) is 12.4 Å². The molecule has 19 heavy (non-hydrogen) atoms. The summed E-state index contributed by atoms with van der Waals surface area (Å²) in [6.45, 7) is 3.48. The number of imidazole rings is 1. The van der Waals surface area contributed by atoms with Crippen molar-refractivity contribution in [2.45, 2.75) is 13.3 Å². The van der Waals surface area contributed by atoms with Crippen molar-refractivity contribution in [2.75, 3.05) is 18.4 Å². The molecule has 100 valence electrons. The largest absolute Gasteiger partial charge is 0.385 e. The number of hydrogen-bond donors (Lipinski definition) is 3. The van der Waals surface area contributed by atoms with Crippen LogP contribution in [-0.2, 0) is 6.42 Å². The molecule has 0 radical (unpaired) electrons. The highest BCUT2D eigenvalue weighted by Gasteiger charge is 2.04. The highest BCUT2D eigenvalue weighted by atomic mass is 16.1. The van der Waals surface area contributed by atoms with Gasteiger partial charge in [0.2, 0.25) is 0 Å². The summed E-state index contributed by atoms with van der Waals surface area (Å²) < 4.78 is 0. The maximum absolute atomic E-state index is 11.9. The molecule has 0 spiro atoms. The quantitative estimate of drug-likeness (QED) is 0.740. The van der Waals surface area contributed by atoms with Crippen LogP contribution in [0.1, 0.15) is 23.1 Å². The highest BCUT2D eigenvalue weighted by Crippen LogP contribution is 2.08. The minimum absolute atomic E-state index is 0.0606. The molecule has 0 saturated carbocycles. The molecule has 2 aromatic rings. The average molecular weight is 258 g/mol. The molecule has 0 atom stereocenters. The van der Waals surface area contributed by atoms with Crippen molar-refractivity contribution in [3.05, 3.63) is 48.0 Å². The van der Waals surface area contributed by atoms with Crippen LogP contribution in [0.15, 0.2) is 36.7 Å². The summed E-state index contributed by atoms with van der Waals surface area (Å²) >= 11 is 0. The zero-order valence-corrected chi connectivity index (χ0v) is 10.9. The number of aromatic nitrogens is 2. The van der Waals surface area contributed by atoms with Crippen LogP contribution in [0.3, 0.4) is 0 Å². The number of rotatable bonds is 6. The Bertz CT molecular complexity index is 505. The Labute approximate surface area is 112 Å². The predicted octanol–water partition coefficient (Wildman–Crippen LogP) is 1.81. The Hall–Kier alpha value is -2.30. The zero-order valence-electron chi connectivity index (χ0n) is 10.9. The zero-order chi connectivity index (χ0) is 13.5. The van der Waals surface area contributed by atoms with E-state index in [-0.39, 0.29) is 5.91 Å². The lowest BCUT2D eigenvalue weighted by molar-refractivity contribution is 0.0954. The van der Waals surface area contributed by atoms with Crippen molar-refractivity contribution in [1.29, 1.82) is 0 Å². The van der Waals surface area contributed by atoms with E-state index in [1.165, 1.54) is 0 Å². The van der Waals surface area contributed by atoms with Crippen LogP contribution in [0.2, 0.25) is 0 Å². The second-order valence-corrected chi connectivity index (χ2v) is 4.15. The molecule has 0 fully saturated rings. The summed E-state index contributed by atoms with van der Waals surface area (Å²) in [4.78, 5) is 19.0. The first-order valence-electron chi connectivity index (χ1n) is 6.40.